The monoisotopic (exact) mass is 211 g/mol. The van der Waals surface area contributed by atoms with Crippen LogP contribution in [0.5, 0.6) is 0 Å². The van der Waals surface area contributed by atoms with Gasteiger partial charge in [-0.3, -0.25) is 0 Å². The van der Waals surface area contributed by atoms with Crippen LogP contribution < -0.4 is 5.32 Å². The van der Waals surface area contributed by atoms with Gasteiger partial charge in [-0.1, -0.05) is 13.3 Å². The lowest BCUT2D eigenvalue weighted by Crippen LogP contribution is -2.08. The molecule has 0 aliphatic rings. The summed E-state index contributed by atoms with van der Waals surface area (Å²) < 4.78 is 5.65. The van der Waals surface area contributed by atoms with Gasteiger partial charge in [0, 0.05) is 25.0 Å². The van der Waals surface area contributed by atoms with Crippen molar-refractivity contribution in [2.75, 3.05) is 13.7 Å². The highest BCUT2D eigenvalue weighted by molar-refractivity contribution is 5.03. The van der Waals surface area contributed by atoms with Gasteiger partial charge in [-0.2, -0.15) is 0 Å². The number of ether oxygens (including phenoxy) is 1. The quantitative estimate of drug-likeness (QED) is 0.725. The fraction of sp³-hybridized carbons (Fsp3) is 0.727. The zero-order chi connectivity index (χ0) is 11.1. The van der Waals surface area contributed by atoms with Crippen LogP contribution in [-0.4, -0.2) is 23.6 Å². The Morgan fingerprint density at radius 3 is 2.93 bits per heavy atom. The minimum Gasteiger partial charge on any atom is -0.371 e. The second kappa shape index (κ2) is 6.58. The van der Waals surface area contributed by atoms with Gasteiger partial charge < -0.3 is 15.0 Å². The predicted octanol–water partition coefficient (Wildman–Crippen LogP) is 2.01. The van der Waals surface area contributed by atoms with E-state index < -0.39 is 0 Å². The van der Waals surface area contributed by atoms with Crippen LogP contribution in [-0.2, 0) is 11.3 Å². The van der Waals surface area contributed by atoms with E-state index in [4.69, 9.17) is 4.74 Å². The predicted molar refractivity (Wildman–Crippen MR) is 60.6 cm³/mol. The molecule has 1 unspecified atom stereocenters. The van der Waals surface area contributed by atoms with Crippen LogP contribution in [0.25, 0.3) is 0 Å². The molecule has 86 valence electrons. The van der Waals surface area contributed by atoms with Gasteiger partial charge in [0.05, 0.1) is 0 Å². The molecule has 0 saturated heterocycles. The minimum atomic E-state index is 0.116. The highest BCUT2D eigenvalue weighted by Crippen LogP contribution is 2.19. The number of nitrogens with one attached hydrogen (secondary N) is 2. The molecule has 1 rings (SSSR count). The lowest BCUT2D eigenvalue weighted by molar-refractivity contribution is 0.0499. The highest BCUT2D eigenvalue weighted by Gasteiger charge is 2.13. The van der Waals surface area contributed by atoms with Crippen molar-refractivity contribution >= 4 is 0 Å². The van der Waals surface area contributed by atoms with Crippen molar-refractivity contribution in [3.63, 3.8) is 0 Å². The second-order valence-corrected chi connectivity index (χ2v) is 3.56. The summed E-state index contributed by atoms with van der Waals surface area (Å²) in [7, 11) is 1.92. The molecule has 1 heterocycles. The molecule has 2 N–H and O–H groups in total. The fourth-order valence-electron chi connectivity index (χ4n) is 1.58. The number of hydrogen-bond donors (Lipinski definition) is 2. The van der Waals surface area contributed by atoms with E-state index in [0.717, 1.165) is 37.5 Å². The standard InChI is InChI=1S/C11H21N3O/c1-4-6-10(15-5-2)11-13-8-9(14-11)7-12-3/h8,10,12H,4-7H2,1-3H3,(H,13,14). The van der Waals surface area contributed by atoms with Crippen molar-refractivity contribution in [3.05, 3.63) is 17.7 Å². The molecule has 0 aliphatic carbocycles. The number of nitrogens with zero attached hydrogens (tertiary/aromatic N) is 1. The van der Waals surface area contributed by atoms with Gasteiger partial charge in [-0.15, -0.1) is 0 Å². The summed E-state index contributed by atoms with van der Waals surface area (Å²) in [5, 5.41) is 3.09. The summed E-state index contributed by atoms with van der Waals surface area (Å²) in [6, 6.07) is 0. The molecule has 0 aliphatic heterocycles. The van der Waals surface area contributed by atoms with E-state index in [2.05, 4.69) is 22.2 Å². The first-order valence-corrected chi connectivity index (χ1v) is 5.61. The lowest BCUT2D eigenvalue weighted by atomic mass is 10.2. The van der Waals surface area contributed by atoms with Crippen molar-refractivity contribution in [3.8, 4) is 0 Å². The summed E-state index contributed by atoms with van der Waals surface area (Å²) in [5.41, 5.74) is 1.10. The lowest BCUT2D eigenvalue weighted by Gasteiger charge is -2.13. The third-order valence-electron chi connectivity index (χ3n) is 2.24. The molecule has 0 saturated carbocycles. The van der Waals surface area contributed by atoms with Crippen molar-refractivity contribution in [2.45, 2.75) is 39.3 Å². The summed E-state index contributed by atoms with van der Waals surface area (Å²) in [4.78, 5) is 7.64. The summed E-state index contributed by atoms with van der Waals surface area (Å²) >= 11 is 0. The molecule has 0 spiro atoms. The molecule has 4 nitrogen and oxygen atoms in total. The van der Waals surface area contributed by atoms with Gasteiger partial charge in [-0.05, 0) is 20.4 Å². The fourth-order valence-corrected chi connectivity index (χ4v) is 1.58. The van der Waals surface area contributed by atoms with E-state index in [-0.39, 0.29) is 6.10 Å². The Morgan fingerprint density at radius 2 is 2.33 bits per heavy atom. The SMILES string of the molecule is CCCC(OCC)c1ncc(CNC)[nH]1. The smallest absolute Gasteiger partial charge is 0.135 e. The Balaban J connectivity index is 2.63. The molecular formula is C11H21N3O. The first kappa shape index (κ1) is 12.2. The minimum absolute atomic E-state index is 0.116. The van der Waals surface area contributed by atoms with Gasteiger partial charge in [0.15, 0.2) is 0 Å². The number of imidazole rings is 1. The molecule has 0 bridgehead atoms. The Bertz CT molecular complexity index is 267. The first-order chi connectivity index (χ1) is 7.31. The Hall–Kier alpha value is -0.870. The second-order valence-electron chi connectivity index (χ2n) is 3.56. The number of aromatic nitrogens is 2. The van der Waals surface area contributed by atoms with Crippen LogP contribution in [0.4, 0.5) is 0 Å². The Labute approximate surface area is 91.4 Å². The van der Waals surface area contributed by atoms with Crippen molar-refractivity contribution in [2.24, 2.45) is 0 Å². The Kier molecular flexibility index (Phi) is 5.36. The number of hydrogen-bond acceptors (Lipinski definition) is 3. The average molecular weight is 211 g/mol. The van der Waals surface area contributed by atoms with E-state index in [9.17, 15) is 0 Å². The van der Waals surface area contributed by atoms with Gasteiger partial charge in [0.25, 0.3) is 0 Å². The molecular weight excluding hydrogens is 190 g/mol. The average Bonchev–Trinajstić information content (AvgIpc) is 2.67. The zero-order valence-corrected chi connectivity index (χ0v) is 9.84. The topological polar surface area (TPSA) is 49.9 Å². The van der Waals surface area contributed by atoms with Gasteiger partial charge in [0.1, 0.15) is 11.9 Å². The number of aromatic amines is 1. The number of rotatable bonds is 7. The molecule has 15 heavy (non-hydrogen) atoms. The van der Waals surface area contributed by atoms with Crippen LogP contribution >= 0.6 is 0 Å². The van der Waals surface area contributed by atoms with Crippen LogP contribution in [0, 0.1) is 0 Å². The van der Waals surface area contributed by atoms with Crippen molar-refractivity contribution in [1.82, 2.24) is 15.3 Å². The summed E-state index contributed by atoms with van der Waals surface area (Å²) in [6.07, 6.45) is 4.10. The zero-order valence-electron chi connectivity index (χ0n) is 9.84. The maximum absolute atomic E-state index is 5.65. The molecule has 4 heteroatoms. The highest BCUT2D eigenvalue weighted by atomic mass is 16.5. The van der Waals surface area contributed by atoms with Crippen molar-refractivity contribution < 1.29 is 4.74 Å². The van der Waals surface area contributed by atoms with Crippen LogP contribution in [0.15, 0.2) is 6.20 Å². The molecule has 0 aromatic carbocycles. The van der Waals surface area contributed by atoms with Crippen molar-refractivity contribution in [1.29, 1.82) is 0 Å². The molecule has 0 fully saturated rings. The third kappa shape index (κ3) is 3.64. The van der Waals surface area contributed by atoms with E-state index >= 15 is 0 Å². The van der Waals surface area contributed by atoms with Gasteiger partial charge in [0.2, 0.25) is 0 Å². The molecule has 0 amide bonds. The summed E-state index contributed by atoms with van der Waals surface area (Å²) in [5.74, 6) is 0.948. The van der Waals surface area contributed by atoms with Crippen LogP contribution in [0.2, 0.25) is 0 Å². The third-order valence-corrected chi connectivity index (χ3v) is 2.24. The normalized spacial score (nSPS) is 13.0. The maximum atomic E-state index is 5.65. The molecule has 0 radical (unpaired) electrons. The maximum Gasteiger partial charge on any atom is 0.135 e. The first-order valence-electron chi connectivity index (χ1n) is 5.61. The van der Waals surface area contributed by atoms with Gasteiger partial charge >= 0.3 is 0 Å². The van der Waals surface area contributed by atoms with Gasteiger partial charge in [-0.25, -0.2) is 4.98 Å². The Morgan fingerprint density at radius 1 is 1.53 bits per heavy atom. The summed E-state index contributed by atoms with van der Waals surface area (Å²) in [6.45, 7) is 5.72. The van der Waals surface area contributed by atoms with E-state index in [1.807, 2.05) is 20.2 Å². The number of H-pyrrole nitrogens is 1. The van der Waals surface area contributed by atoms with E-state index in [1.54, 1.807) is 0 Å². The largest absolute Gasteiger partial charge is 0.371 e. The van der Waals surface area contributed by atoms with E-state index in [0.29, 0.717) is 0 Å². The molecule has 1 aromatic heterocycles. The van der Waals surface area contributed by atoms with Crippen LogP contribution in [0.3, 0.4) is 0 Å². The molecule has 1 aromatic rings. The van der Waals surface area contributed by atoms with Crippen LogP contribution in [0.1, 0.15) is 44.3 Å². The molecule has 1 atom stereocenters. The van der Waals surface area contributed by atoms with E-state index in [1.165, 1.54) is 0 Å².